The third-order valence-corrected chi connectivity index (χ3v) is 7.62. The smallest absolute Gasteiger partial charge is 0.233 e. The summed E-state index contributed by atoms with van der Waals surface area (Å²) < 4.78 is 8.26. The Morgan fingerprint density at radius 1 is 0.700 bits per heavy atom. The number of aromatic nitrogens is 3. The van der Waals surface area contributed by atoms with Gasteiger partial charge in [-0.1, -0.05) is 60.7 Å². The average molecular weight is 518 g/mol. The van der Waals surface area contributed by atoms with Crippen molar-refractivity contribution in [1.29, 1.82) is 5.41 Å². The molecule has 190 valence electrons. The molecule has 3 aromatic heterocycles. The predicted octanol–water partition coefficient (Wildman–Crippen LogP) is 8.19. The van der Waals surface area contributed by atoms with Gasteiger partial charge in [0.05, 0.1) is 16.4 Å². The fourth-order valence-electron chi connectivity index (χ4n) is 5.73. The number of benzene rings is 5. The molecule has 8 aromatic rings. The maximum atomic E-state index is 8.81. The standard InChI is InChI=1S/C34H23N5O/c1-21-27-17-16-26(38(24-12-4-2-5-13-24)25-14-6-3-7-15-25)20-30(27)40-33-31(21)32-36-28-18-22-10-8-9-11-23(22)19-29(28)39(32)34(35)37-33/h2-20,35H,1H3. The van der Waals surface area contributed by atoms with E-state index in [1.165, 1.54) is 0 Å². The molecule has 3 heterocycles. The first-order chi connectivity index (χ1) is 19.7. The molecule has 0 spiro atoms. The number of hydrogen-bond acceptors (Lipinski definition) is 5. The van der Waals surface area contributed by atoms with Crippen molar-refractivity contribution in [2.24, 2.45) is 0 Å². The number of hydrogen-bond donors (Lipinski definition) is 1. The van der Waals surface area contributed by atoms with Crippen LogP contribution in [0.3, 0.4) is 0 Å². The molecule has 0 atom stereocenters. The lowest BCUT2D eigenvalue weighted by molar-refractivity contribution is 0.638. The molecule has 40 heavy (non-hydrogen) atoms. The number of fused-ring (bicyclic) bond motifs is 7. The summed E-state index contributed by atoms with van der Waals surface area (Å²) in [6.45, 7) is 2.08. The van der Waals surface area contributed by atoms with E-state index < -0.39 is 0 Å². The van der Waals surface area contributed by atoms with E-state index >= 15 is 0 Å². The molecule has 6 heteroatoms. The van der Waals surface area contributed by atoms with Crippen LogP contribution in [0.4, 0.5) is 17.1 Å². The zero-order valence-electron chi connectivity index (χ0n) is 21.7. The van der Waals surface area contributed by atoms with Gasteiger partial charge in [0.15, 0.2) is 5.65 Å². The molecule has 0 unspecified atom stereocenters. The van der Waals surface area contributed by atoms with Crippen LogP contribution in [-0.4, -0.2) is 14.4 Å². The van der Waals surface area contributed by atoms with Gasteiger partial charge in [-0.2, -0.15) is 4.98 Å². The lowest BCUT2D eigenvalue weighted by Gasteiger charge is -2.25. The van der Waals surface area contributed by atoms with Gasteiger partial charge >= 0.3 is 0 Å². The summed E-state index contributed by atoms with van der Waals surface area (Å²) >= 11 is 0. The molecule has 1 N–H and O–H groups in total. The second kappa shape index (κ2) is 8.51. The molecule has 0 aliphatic rings. The van der Waals surface area contributed by atoms with E-state index in [0.717, 1.165) is 55.2 Å². The van der Waals surface area contributed by atoms with Gasteiger partial charge in [0.1, 0.15) is 5.58 Å². The molecule has 0 amide bonds. The third kappa shape index (κ3) is 3.33. The predicted molar refractivity (Wildman–Crippen MR) is 161 cm³/mol. The minimum absolute atomic E-state index is 0.0918. The van der Waals surface area contributed by atoms with Gasteiger partial charge in [-0.25, -0.2) is 4.98 Å². The van der Waals surface area contributed by atoms with Gasteiger partial charge in [-0.3, -0.25) is 9.81 Å². The quantitative estimate of drug-likeness (QED) is 0.240. The SMILES string of the molecule is Cc1c2ccc(N(c3ccccc3)c3ccccc3)cc2oc2nc(=N)n3c4cc5ccccc5cc4nc3c12. The van der Waals surface area contributed by atoms with Gasteiger partial charge in [0.2, 0.25) is 11.3 Å². The fourth-order valence-corrected chi connectivity index (χ4v) is 5.73. The number of nitrogens with zero attached hydrogens (tertiary/aromatic N) is 4. The summed E-state index contributed by atoms with van der Waals surface area (Å²) in [5.41, 5.74) is 7.68. The Balaban J connectivity index is 1.39. The van der Waals surface area contributed by atoms with Crippen LogP contribution < -0.4 is 10.5 Å². The van der Waals surface area contributed by atoms with E-state index in [-0.39, 0.29) is 5.62 Å². The van der Waals surface area contributed by atoms with E-state index in [1.807, 2.05) is 59.0 Å². The van der Waals surface area contributed by atoms with Gasteiger partial charge in [-0.15, -0.1) is 0 Å². The maximum Gasteiger partial charge on any atom is 0.233 e. The molecule has 0 fully saturated rings. The molecule has 0 saturated carbocycles. The molecular formula is C34H23N5O. The summed E-state index contributed by atoms with van der Waals surface area (Å²) in [5.74, 6) is 0. The molecule has 0 aliphatic heterocycles. The topological polar surface area (TPSA) is 70.4 Å². The van der Waals surface area contributed by atoms with Crippen LogP contribution in [0.15, 0.2) is 120 Å². The van der Waals surface area contributed by atoms with Crippen molar-refractivity contribution in [2.75, 3.05) is 4.90 Å². The molecule has 0 saturated heterocycles. The molecule has 5 aromatic carbocycles. The van der Waals surface area contributed by atoms with E-state index in [9.17, 15) is 0 Å². The number of anilines is 3. The number of para-hydroxylation sites is 2. The Kier molecular flexibility index (Phi) is 4.79. The number of imidazole rings is 1. The van der Waals surface area contributed by atoms with E-state index in [4.69, 9.17) is 14.8 Å². The van der Waals surface area contributed by atoms with Crippen molar-refractivity contribution >= 4 is 66.6 Å². The van der Waals surface area contributed by atoms with Crippen LogP contribution in [0.2, 0.25) is 0 Å². The third-order valence-electron chi connectivity index (χ3n) is 7.62. The Labute approximate surface area is 228 Å². The van der Waals surface area contributed by atoms with Gasteiger partial charge < -0.3 is 9.32 Å². The second-order valence-electron chi connectivity index (χ2n) is 9.99. The summed E-state index contributed by atoms with van der Waals surface area (Å²) in [7, 11) is 0. The van der Waals surface area contributed by atoms with E-state index in [1.54, 1.807) is 0 Å². The minimum atomic E-state index is 0.0918. The largest absolute Gasteiger partial charge is 0.437 e. The van der Waals surface area contributed by atoms with E-state index in [0.29, 0.717) is 16.9 Å². The molecular weight excluding hydrogens is 494 g/mol. The zero-order valence-corrected chi connectivity index (χ0v) is 21.7. The molecule has 6 nitrogen and oxygen atoms in total. The summed E-state index contributed by atoms with van der Waals surface area (Å²) in [6, 6.07) is 39.2. The Bertz CT molecular complexity index is 2260. The second-order valence-corrected chi connectivity index (χ2v) is 9.99. The highest BCUT2D eigenvalue weighted by molar-refractivity contribution is 6.05. The van der Waals surface area contributed by atoms with Crippen molar-refractivity contribution < 1.29 is 4.42 Å². The number of aryl methyl sites for hydroxylation is 1. The van der Waals surface area contributed by atoms with Crippen molar-refractivity contribution in [3.8, 4) is 0 Å². The van der Waals surface area contributed by atoms with Crippen LogP contribution in [0.25, 0.3) is 49.5 Å². The molecule has 8 rings (SSSR count). The number of rotatable bonds is 3. The van der Waals surface area contributed by atoms with Crippen molar-refractivity contribution in [2.45, 2.75) is 6.92 Å². The summed E-state index contributed by atoms with van der Waals surface area (Å²) in [5, 5.41) is 12.8. The average Bonchev–Trinajstić information content (AvgIpc) is 3.36. The van der Waals surface area contributed by atoms with Crippen LogP contribution in [0.1, 0.15) is 5.56 Å². The molecule has 0 radical (unpaired) electrons. The van der Waals surface area contributed by atoms with Gasteiger partial charge in [0, 0.05) is 28.5 Å². The summed E-state index contributed by atoms with van der Waals surface area (Å²) in [6.07, 6.45) is 0. The van der Waals surface area contributed by atoms with Crippen molar-refractivity contribution in [3.63, 3.8) is 0 Å². The first-order valence-corrected chi connectivity index (χ1v) is 13.2. The first kappa shape index (κ1) is 22.5. The molecule has 0 aliphatic carbocycles. The molecule has 0 bridgehead atoms. The van der Waals surface area contributed by atoms with Crippen LogP contribution >= 0.6 is 0 Å². The minimum Gasteiger partial charge on any atom is -0.437 e. The van der Waals surface area contributed by atoms with Crippen LogP contribution in [0.5, 0.6) is 0 Å². The van der Waals surface area contributed by atoms with E-state index in [2.05, 4.69) is 77.5 Å². The summed E-state index contributed by atoms with van der Waals surface area (Å²) in [4.78, 5) is 11.8. The maximum absolute atomic E-state index is 8.81. The highest BCUT2D eigenvalue weighted by Gasteiger charge is 2.19. The van der Waals surface area contributed by atoms with Gasteiger partial charge in [0.25, 0.3) is 0 Å². The Hall–Kier alpha value is -5.49. The Morgan fingerprint density at radius 3 is 2.05 bits per heavy atom. The lowest BCUT2D eigenvalue weighted by Crippen LogP contribution is -2.16. The van der Waals surface area contributed by atoms with Gasteiger partial charge in [-0.05, 0) is 71.8 Å². The lowest BCUT2D eigenvalue weighted by atomic mass is 10.1. The van der Waals surface area contributed by atoms with Crippen molar-refractivity contribution in [3.05, 3.63) is 126 Å². The zero-order chi connectivity index (χ0) is 26.8. The highest BCUT2D eigenvalue weighted by atomic mass is 16.3. The van der Waals surface area contributed by atoms with Crippen molar-refractivity contribution in [1.82, 2.24) is 14.4 Å². The van der Waals surface area contributed by atoms with Crippen LogP contribution in [-0.2, 0) is 0 Å². The first-order valence-electron chi connectivity index (χ1n) is 13.2. The monoisotopic (exact) mass is 517 g/mol. The fraction of sp³-hybridized carbons (Fsp3) is 0.0294. The van der Waals surface area contributed by atoms with Crippen LogP contribution in [0, 0.1) is 12.3 Å². The highest BCUT2D eigenvalue weighted by Crippen LogP contribution is 2.38. The number of nitrogens with one attached hydrogen (secondary N) is 1. The Morgan fingerprint density at radius 2 is 1.35 bits per heavy atom. The normalized spacial score (nSPS) is 11.7.